The Labute approximate surface area is 288 Å². The Morgan fingerprint density at radius 3 is 2.82 bits per heavy atom. The Morgan fingerprint density at radius 2 is 2.02 bits per heavy atom. The van der Waals surface area contributed by atoms with Crippen LogP contribution in [-0.4, -0.2) is 73.1 Å². The number of rotatable bonds is 9. The molecule has 1 saturated heterocycles. The largest absolute Gasteiger partial charge is 0.434 e. The van der Waals surface area contributed by atoms with E-state index in [1.165, 1.54) is 0 Å². The number of imidazole rings is 1. The van der Waals surface area contributed by atoms with E-state index in [0.29, 0.717) is 29.1 Å². The zero-order valence-electron chi connectivity index (χ0n) is 29.3. The van der Waals surface area contributed by atoms with Gasteiger partial charge in [-0.3, -0.25) is 19.6 Å². The lowest BCUT2D eigenvalue weighted by atomic mass is 9.91. The van der Waals surface area contributed by atoms with Gasteiger partial charge in [0.2, 0.25) is 5.89 Å². The second-order valence-corrected chi connectivity index (χ2v) is 14.2. The third-order valence-electron chi connectivity index (χ3n) is 10.2. The lowest BCUT2D eigenvalue weighted by Gasteiger charge is -2.27. The van der Waals surface area contributed by atoms with Crippen LogP contribution in [0.4, 0.5) is 5.69 Å². The molecule has 1 fully saturated rings. The van der Waals surface area contributed by atoms with Crippen LogP contribution in [0.3, 0.4) is 0 Å². The van der Waals surface area contributed by atoms with E-state index in [9.17, 15) is 9.90 Å². The van der Waals surface area contributed by atoms with Crippen molar-refractivity contribution in [1.29, 1.82) is 0 Å². The maximum atomic E-state index is 13.7. The van der Waals surface area contributed by atoms with E-state index in [4.69, 9.17) is 14.4 Å². The van der Waals surface area contributed by atoms with Crippen molar-refractivity contribution in [1.82, 2.24) is 29.3 Å². The number of benzene rings is 1. The number of likely N-dealkylation sites (tertiary alicyclic amines) is 1. The Kier molecular flexibility index (Phi) is 9.37. The summed E-state index contributed by atoms with van der Waals surface area (Å²) in [5.74, 6) is 1.74. The predicted molar refractivity (Wildman–Crippen MR) is 193 cm³/mol. The van der Waals surface area contributed by atoms with Crippen molar-refractivity contribution in [3.8, 4) is 0 Å². The molecule has 49 heavy (non-hydrogen) atoms. The fourth-order valence-corrected chi connectivity index (χ4v) is 7.55. The molecule has 256 valence electrons. The number of aliphatic hydroxyl groups is 1. The van der Waals surface area contributed by atoms with Crippen molar-refractivity contribution in [2.24, 2.45) is 18.9 Å². The fourth-order valence-electron chi connectivity index (χ4n) is 7.55. The van der Waals surface area contributed by atoms with E-state index in [1.807, 2.05) is 29.8 Å². The minimum atomic E-state index is -0.200. The standard InChI is InChI=1S/C39H47N7O3/c1-24(2)19-45-16-14-35-34(22-45)41-37(44(35)5)38(48)42-32-12-8-11-30(26(32)4)29-9-6-7-10-31(25(29)3)39-43-33-17-28(40-18-36(33)49-39)21-46-15-13-27(20-46)23-47/h7-12,17-18,24,27,47H,6,13-16,19-23H2,1-5H3,(H,42,48)/t27-/m1/s1. The van der Waals surface area contributed by atoms with Crippen molar-refractivity contribution >= 4 is 33.8 Å². The Balaban J connectivity index is 1.12. The number of fused-ring (bicyclic) bond motifs is 2. The van der Waals surface area contributed by atoms with E-state index in [2.05, 4.69) is 72.1 Å². The van der Waals surface area contributed by atoms with Crippen molar-refractivity contribution in [2.45, 2.75) is 60.0 Å². The molecular formula is C39H47N7O3. The van der Waals surface area contributed by atoms with Gasteiger partial charge in [-0.15, -0.1) is 0 Å². The summed E-state index contributed by atoms with van der Waals surface area (Å²) in [6, 6.07) is 8.07. The summed E-state index contributed by atoms with van der Waals surface area (Å²) >= 11 is 0. The average Bonchev–Trinajstić information content (AvgIpc) is 3.76. The molecule has 3 aliphatic rings. The maximum Gasteiger partial charge on any atom is 0.291 e. The Morgan fingerprint density at radius 1 is 1.16 bits per heavy atom. The zero-order chi connectivity index (χ0) is 34.2. The SMILES string of the molecule is CC1=C(c2nc3cc(CN4CC[C@@H](CO)C4)ncc3o2)C=CCC=C1c1cccc(NC(=O)c2nc3c(n2C)CCN(CC(C)C)C3)c1C. The molecule has 3 aromatic heterocycles. The number of pyridine rings is 1. The van der Waals surface area contributed by atoms with Crippen molar-refractivity contribution in [2.75, 3.05) is 38.1 Å². The van der Waals surface area contributed by atoms with Gasteiger partial charge in [-0.05, 0) is 79.5 Å². The fraction of sp³-hybridized carbons (Fsp3) is 0.436. The molecule has 1 atom stereocenters. The van der Waals surface area contributed by atoms with Gasteiger partial charge in [-0.25, -0.2) is 9.97 Å². The van der Waals surface area contributed by atoms with Crippen LogP contribution < -0.4 is 5.32 Å². The number of nitrogens with one attached hydrogen (secondary N) is 1. The summed E-state index contributed by atoms with van der Waals surface area (Å²) in [6.07, 6.45) is 10.9. The lowest BCUT2D eigenvalue weighted by Crippen LogP contribution is -2.33. The summed E-state index contributed by atoms with van der Waals surface area (Å²) < 4.78 is 8.24. The first-order valence-corrected chi connectivity index (χ1v) is 17.5. The van der Waals surface area contributed by atoms with Crippen LogP contribution in [0.15, 0.2) is 58.7 Å². The summed E-state index contributed by atoms with van der Waals surface area (Å²) in [4.78, 5) is 32.8. The highest BCUT2D eigenvalue weighted by atomic mass is 16.3. The molecule has 1 aromatic carbocycles. The van der Waals surface area contributed by atoms with Crippen LogP contribution in [0, 0.1) is 18.8 Å². The number of anilines is 1. The molecule has 0 spiro atoms. The van der Waals surface area contributed by atoms with E-state index in [0.717, 1.165) is 115 Å². The second kappa shape index (κ2) is 13.9. The highest BCUT2D eigenvalue weighted by Gasteiger charge is 2.27. The quantitative estimate of drug-likeness (QED) is 0.219. The van der Waals surface area contributed by atoms with Crippen molar-refractivity contribution < 1.29 is 14.3 Å². The number of aromatic nitrogens is 4. The highest BCUT2D eigenvalue weighted by Crippen LogP contribution is 2.37. The summed E-state index contributed by atoms with van der Waals surface area (Å²) in [5, 5.41) is 12.7. The van der Waals surface area contributed by atoms with Gasteiger partial charge in [0, 0.05) is 69.8 Å². The first kappa shape index (κ1) is 33.1. The van der Waals surface area contributed by atoms with Gasteiger partial charge in [0.05, 0.1) is 17.6 Å². The van der Waals surface area contributed by atoms with E-state index < -0.39 is 0 Å². The van der Waals surface area contributed by atoms with Gasteiger partial charge in [0.1, 0.15) is 5.52 Å². The van der Waals surface area contributed by atoms with Crippen LogP contribution in [0.5, 0.6) is 0 Å². The minimum Gasteiger partial charge on any atom is -0.434 e. The van der Waals surface area contributed by atoms with E-state index in [-0.39, 0.29) is 12.5 Å². The number of hydrogen-bond donors (Lipinski definition) is 2. The summed E-state index contributed by atoms with van der Waals surface area (Å²) in [7, 11) is 1.95. The van der Waals surface area contributed by atoms with E-state index >= 15 is 0 Å². The van der Waals surface area contributed by atoms with Gasteiger partial charge in [0.25, 0.3) is 5.91 Å². The number of aliphatic hydroxyl groups excluding tert-OH is 1. The second-order valence-electron chi connectivity index (χ2n) is 14.2. The van der Waals surface area contributed by atoms with Crippen molar-refractivity contribution in [3.63, 3.8) is 0 Å². The molecule has 0 bridgehead atoms. The molecular weight excluding hydrogens is 614 g/mol. The predicted octanol–water partition coefficient (Wildman–Crippen LogP) is 6.16. The molecule has 1 amide bonds. The van der Waals surface area contributed by atoms with Crippen LogP contribution in [-0.2, 0) is 26.6 Å². The molecule has 1 aliphatic carbocycles. The molecule has 10 heteroatoms. The third kappa shape index (κ3) is 6.77. The lowest BCUT2D eigenvalue weighted by molar-refractivity contribution is 0.101. The first-order valence-electron chi connectivity index (χ1n) is 17.5. The third-order valence-corrected chi connectivity index (χ3v) is 10.2. The van der Waals surface area contributed by atoms with Crippen LogP contribution >= 0.6 is 0 Å². The molecule has 2 N–H and O–H groups in total. The zero-order valence-corrected chi connectivity index (χ0v) is 29.3. The highest BCUT2D eigenvalue weighted by molar-refractivity contribution is 6.03. The van der Waals surface area contributed by atoms with Gasteiger partial charge >= 0.3 is 0 Å². The molecule has 10 nitrogen and oxygen atoms in total. The average molecular weight is 662 g/mol. The molecule has 4 aromatic rings. The van der Waals surface area contributed by atoms with Crippen LogP contribution in [0.1, 0.15) is 78.3 Å². The summed E-state index contributed by atoms with van der Waals surface area (Å²) in [6.45, 7) is 14.2. The topological polar surface area (TPSA) is 113 Å². The smallest absolute Gasteiger partial charge is 0.291 e. The van der Waals surface area contributed by atoms with Gasteiger partial charge in [-0.2, -0.15) is 0 Å². The molecule has 0 radical (unpaired) electrons. The molecule has 2 aliphatic heterocycles. The van der Waals surface area contributed by atoms with E-state index in [1.54, 1.807) is 6.20 Å². The molecule has 0 saturated carbocycles. The van der Waals surface area contributed by atoms with Crippen molar-refractivity contribution in [3.05, 3.63) is 94.2 Å². The van der Waals surface area contributed by atoms with Crippen LogP contribution in [0.2, 0.25) is 0 Å². The van der Waals surface area contributed by atoms with Gasteiger partial charge < -0.3 is 19.4 Å². The number of allylic oxidation sites excluding steroid dienone is 6. The number of nitrogens with zero attached hydrogens (tertiary/aromatic N) is 6. The van der Waals surface area contributed by atoms with Gasteiger partial charge in [-0.1, -0.05) is 44.2 Å². The van der Waals surface area contributed by atoms with Gasteiger partial charge in [0.15, 0.2) is 11.4 Å². The molecule has 7 rings (SSSR count). The number of oxazole rings is 1. The van der Waals surface area contributed by atoms with Crippen LogP contribution in [0.25, 0.3) is 22.2 Å². The number of carbonyl (C=O) groups excluding carboxylic acids is 1. The Hall–Kier alpha value is -4.38. The summed E-state index contributed by atoms with van der Waals surface area (Å²) in [5.41, 5.74) is 10.4. The normalized spacial score (nSPS) is 18.8. The first-order chi connectivity index (χ1) is 23.7. The molecule has 0 unspecified atom stereocenters. The minimum absolute atomic E-state index is 0.200. The number of amides is 1. The monoisotopic (exact) mass is 661 g/mol. The Bertz CT molecular complexity index is 1980. The number of hydrogen-bond acceptors (Lipinski definition) is 8. The number of carbonyl (C=O) groups is 1. The maximum absolute atomic E-state index is 13.7. The molecule has 5 heterocycles.